The Hall–Kier alpha value is -14.3. The van der Waals surface area contributed by atoms with E-state index in [2.05, 4.69) is 79.1 Å². The molecule has 41 heteroatoms. The Morgan fingerprint density at radius 2 is 0.970 bits per heavy atom. The van der Waals surface area contributed by atoms with Crippen LogP contribution < -0.4 is 80.6 Å². The van der Waals surface area contributed by atoms with Gasteiger partial charge in [-0.05, 0) is 115 Å². The number of aromatic nitrogens is 2. The lowest BCUT2D eigenvalue weighted by Gasteiger charge is -2.34. The van der Waals surface area contributed by atoms with E-state index in [1.54, 1.807) is 56.3 Å². The first kappa shape index (κ1) is 106. The van der Waals surface area contributed by atoms with Crippen molar-refractivity contribution < 1.29 is 102 Å². The van der Waals surface area contributed by atoms with Gasteiger partial charge in [-0.15, -0.1) is 11.8 Å². The molecule has 0 unspecified atom stereocenters. The van der Waals surface area contributed by atoms with Gasteiger partial charge in [-0.2, -0.15) is 0 Å². The van der Waals surface area contributed by atoms with Crippen LogP contribution in [0.15, 0.2) is 146 Å². The van der Waals surface area contributed by atoms with Crippen molar-refractivity contribution in [1.29, 1.82) is 5.41 Å². The highest BCUT2D eigenvalue weighted by Crippen LogP contribution is 2.24. The molecule has 133 heavy (non-hydrogen) atoms. The maximum absolute atomic E-state index is 15.6. The fourth-order valence-corrected chi connectivity index (χ4v) is 15.4. The van der Waals surface area contributed by atoms with Crippen LogP contribution in [-0.4, -0.2) is 239 Å². The number of aromatic hydroxyl groups is 1. The Morgan fingerprint density at radius 3 is 1.51 bits per heavy atom. The number of imidazole rings is 1. The van der Waals surface area contributed by atoms with Crippen molar-refractivity contribution in [2.24, 2.45) is 23.3 Å². The van der Waals surface area contributed by atoms with Crippen molar-refractivity contribution in [3.8, 4) is 16.9 Å². The predicted octanol–water partition coefficient (Wildman–Crippen LogP) is 1.76. The number of phenolic OH excluding ortho intramolecular Hbond substituents is 1. The number of carboxylic acids is 3. The molecule has 7 rings (SSSR count). The molecule has 1 aliphatic heterocycles. The highest BCUT2D eigenvalue weighted by Gasteiger charge is 2.41. The lowest BCUT2D eigenvalue weighted by Crippen LogP contribution is -2.62. The second kappa shape index (κ2) is 53.1. The zero-order valence-corrected chi connectivity index (χ0v) is 76.0. The Kier molecular flexibility index (Phi) is 42.3. The van der Waals surface area contributed by atoms with Crippen molar-refractivity contribution >= 4 is 124 Å². The smallest absolute Gasteiger partial charge is 0.305 e. The van der Waals surface area contributed by atoms with Gasteiger partial charge < -0.3 is 111 Å². The molecule has 14 amide bonds. The number of carboxylic acid groups (broad SMARTS) is 3. The standard InChI is InChI=1S/C92H121N19O21S/c1-8-9-12-27-63-81(122)104-66(41-55-31-35-62(112)36-32-55)85(126)105-68(44-61-47-96-50-97-61)86(127)107-69(45-76(116)117)87(128)101-65(37-38-75(114)115)83(124)110-78(52(4)5)90(131)108-71(39-51(2)3)91(132)111(7)73(43-56-29-33-59(34-30-56)58-24-15-11-16-25-58)89(130)102-64(28-18-17-22-54-20-13-10-14-21-54)82(123)106-70(46-77(118)119)88(129)109-72(79(93)120)48-133-49-74(113)98-53(6)80(121)103-67(84(125)100-63)42-57-23-19-26-60(40-57)99-92(94)95/h10-11,13-16,19-21,23-26,29-36,40,47,50-53,63-73,78,112H,8-9,12,17-18,22,27-28,37-39,41-46,48-49H2,1-7H3,(H2,93,120)(H,96,97)(H,98,113)(H,100,125)(H,101,128)(H,102,130)(H,103,121)(H,104,122)(H,105,126)(H,106,123)(H,107,127)(H,108,131)(H,109,129)(H,110,124)(H,114,115)(H,116,117)(H,118,119)(H4,94,95,99)/t53-,63-,64-,65-,66-,67-,68-,69-,70-,71-,72-,73-,78-/m0/s1. The molecule has 6 aromatic rings. The van der Waals surface area contributed by atoms with E-state index in [0.29, 0.717) is 48.1 Å². The van der Waals surface area contributed by atoms with E-state index < -0.39 is 247 Å². The third-order valence-electron chi connectivity index (χ3n) is 21.7. The van der Waals surface area contributed by atoms with Crippen molar-refractivity contribution in [2.75, 3.05) is 23.9 Å². The lowest BCUT2D eigenvalue weighted by molar-refractivity contribution is -0.144. The van der Waals surface area contributed by atoms with Crippen LogP contribution in [0.4, 0.5) is 5.69 Å². The number of nitrogens with one attached hydrogen (secondary N) is 15. The highest BCUT2D eigenvalue weighted by molar-refractivity contribution is 8.00. The number of likely N-dealkylation sites (N-methyl/N-ethyl adjacent to an activating group) is 1. The molecule has 1 aromatic heterocycles. The fraction of sp³-hybridized carbons (Fsp3) is 0.446. The number of carbonyl (C=O) groups is 17. The number of rotatable bonds is 30. The van der Waals surface area contributed by atoms with Crippen LogP contribution in [-0.2, 0) is 114 Å². The second-order valence-corrected chi connectivity index (χ2v) is 34.4. The van der Waals surface area contributed by atoms with Gasteiger partial charge in [-0.3, -0.25) is 86.9 Å². The Balaban J connectivity index is 1.32. The van der Waals surface area contributed by atoms with Gasteiger partial charge in [0.25, 0.3) is 0 Å². The van der Waals surface area contributed by atoms with E-state index in [1.165, 1.54) is 70.7 Å². The number of hydrogen-bond acceptors (Lipinski definition) is 21. The average molecular weight is 1860 g/mol. The van der Waals surface area contributed by atoms with Crippen molar-refractivity contribution in [3.63, 3.8) is 0 Å². The second-order valence-electron chi connectivity index (χ2n) is 33.3. The minimum Gasteiger partial charge on any atom is -0.508 e. The molecule has 716 valence electrons. The van der Waals surface area contributed by atoms with Crippen molar-refractivity contribution in [3.05, 3.63) is 174 Å². The topological polar surface area (TPSA) is 635 Å². The summed E-state index contributed by atoms with van der Waals surface area (Å²) in [6, 6.07) is 14.9. The number of nitrogens with zero attached hydrogens (tertiary/aromatic N) is 2. The number of carbonyl (C=O) groups excluding carboxylic acids is 14. The summed E-state index contributed by atoms with van der Waals surface area (Å²) in [5.41, 5.74) is 15.6. The molecule has 1 fully saturated rings. The molecule has 0 spiro atoms. The Morgan fingerprint density at radius 1 is 0.496 bits per heavy atom. The first-order valence-corrected chi connectivity index (χ1v) is 45.0. The van der Waals surface area contributed by atoms with Gasteiger partial charge in [0.15, 0.2) is 5.96 Å². The van der Waals surface area contributed by atoms with Crippen LogP contribution in [0.2, 0.25) is 0 Å². The quantitative estimate of drug-likeness (QED) is 0.0174. The molecule has 0 radical (unpaired) electrons. The summed E-state index contributed by atoms with van der Waals surface area (Å²) in [5, 5.41) is 82.0. The van der Waals surface area contributed by atoms with Crippen LogP contribution in [0.1, 0.15) is 147 Å². The summed E-state index contributed by atoms with van der Waals surface area (Å²) in [6.45, 7) is 9.59. The minimum absolute atomic E-state index is 0.101. The number of H-pyrrole nitrogens is 1. The zero-order valence-electron chi connectivity index (χ0n) is 75.1. The molecular formula is C92H121N19O21S. The Bertz CT molecular complexity index is 5010. The van der Waals surface area contributed by atoms with Gasteiger partial charge in [-0.25, -0.2) is 4.98 Å². The number of thioether (sulfide) groups is 1. The largest absolute Gasteiger partial charge is 0.508 e. The number of nitrogens with two attached hydrogens (primary N) is 2. The molecule has 1 saturated heterocycles. The highest BCUT2D eigenvalue weighted by atomic mass is 32.2. The number of aromatic amines is 1. The van der Waals surface area contributed by atoms with Crippen LogP contribution in [0.25, 0.3) is 11.1 Å². The minimum atomic E-state index is -2.15. The molecule has 1 aliphatic rings. The van der Waals surface area contributed by atoms with Crippen LogP contribution in [0, 0.1) is 17.2 Å². The van der Waals surface area contributed by atoms with E-state index >= 15 is 33.6 Å². The molecule has 5 aromatic carbocycles. The lowest BCUT2D eigenvalue weighted by atomic mass is 9.96. The molecule has 40 nitrogen and oxygen atoms in total. The number of phenols is 1. The molecular weight excluding hydrogens is 1740 g/mol. The average Bonchev–Trinajstić information content (AvgIpc) is 0.956. The third kappa shape index (κ3) is 35.8. The van der Waals surface area contributed by atoms with E-state index in [9.17, 15) is 68.4 Å². The van der Waals surface area contributed by atoms with E-state index in [1.807, 2.05) is 67.6 Å². The normalized spacial score (nSPS) is 22.3. The number of hydrogen-bond donors (Lipinski definition) is 21. The summed E-state index contributed by atoms with van der Waals surface area (Å²) in [7, 11) is 1.28. The van der Waals surface area contributed by atoms with Gasteiger partial charge in [0.2, 0.25) is 82.7 Å². The predicted molar refractivity (Wildman–Crippen MR) is 491 cm³/mol. The molecule has 2 heterocycles. The van der Waals surface area contributed by atoms with Crippen molar-refractivity contribution in [1.82, 2.24) is 78.7 Å². The molecule has 23 N–H and O–H groups in total. The van der Waals surface area contributed by atoms with Crippen LogP contribution in [0.5, 0.6) is 5.75 Å². The number of guanidine groups is 1. The SMILES string of the molecule is CCCCC[C@@H]1NC(=O)[C@H](Cc2cccc(NC(=N)N)c2)NC(=O)[C@H](C)NC(=O)CSC[C@@H](C(N)=O)NC(=O)[C@H](CC(=O)O)NC(=O)[C@H](CCCCc2ccccc2)NC(=O)[C@H](Cc2ccc(-c3ccccc3)cc2)N(C)C(=O)[C@H](CC(C)C)NC(=O)[C@H](C(C)C)NC(=O)[C@H](CCC(=O)O)NC(=O)[C@H](CC(=O)O)NC(=O)[C@H](Cc2c[nH]cn2)NC(=O)[C@H](Cc2ccc(O)cc2)NC1=O. The van der Waals surface area contributed by atoms with Gasteiger partial charge in [0, 0.05) is 56.8 Å². The number of anilines is 1. The first-order valence-electron chi connectivity index (χ1n) is 43.8. The number of benzene rings is 5. The summed E-state index contributed by atoms with van der Waals surface area (Å²) < 4.78 is 0. The summed E-state index contributed by atoms with van der Waals surface area (Å²) >= 11 is 0.727. The number of amides is 14. The maximum Gasteiger partial charge on any atom is 0.305 e. The maximum atomic E-state index is 15.6. The number of aliphatic carboxylic acids is 3. The number of primary amides is 1. The molecule has 0 aliphatic carbocycles. The summed E-state index contributed by atoms with van der Waals surface area (Å²) in [6.07, 6.45) is -0.686. The molecule has 0 saturated carbocycles. The summed E-state index contributed by atoms with van der Waals surface area (Å²) in [4.78, 5) is 253. The first-order chi connectivity index (χ1) is 63.2. The fourth-order valence-electron chi connectivity index (χ4n) is 14.6. The molecule has 0 bridgehead atoms. The zero-order chi connectivity index (χ0) is 97.5. The van der Waals surface area contributed by atoms with Gasteiger partial charge in [0.1, 0.15) is 84.3 Å². The van der Waals surface area contributed by atoms with E-state index in [0.717, 1.165) is 33.4 Å². The summed E-state index contributed by atoms with van der Waals surface area (Å²) in [5.74, 6) is -22.8. The van der Waals surface area contributed by atoms with Crippen molar-refractivity contribution in [2.45, 2.75) is 229 Å². The number of aryl methyl sites for hydroxylation is 1. The van der Waals surface area contributed by atoms with E-state index in [-0.39, 0.29) is 56.4 Å². The van der Waals surface area contributed by atoms with Gasteiger partial charge in [-0.1, -0.05) is 169 Å². The monoisotopic (exact) mass is 1860 g/mol. The van der Waals surface area contributed by atoms with Gasteiger partial charge >= 0.3 is 17.9 Å². The number of unbranched alkanes of at least 4 members (excludes halogenated alkanes) is 3. The third-order valence-corrected chi connectivity index (χ3v) is 22.8. The molecule has 13 atom stereocenters. The Labute approximate surface area is 773 Å². The van der Waals surface area contributed by atoms with Crippen LogP contribution >= 0.6 is 11.8 Å². The van der Waals surface area contributed by atoms with E-state index in [4.69, 9.17) is 16.9 Å². The van der Waals surface area contributed by atoms with Crippen LogP contribution in [0.3, 0.4) is 0 Å². The van der Waals surface area contributed by atoms with Gasteiger partial charge in [0.05, 0.1) is 30.6 Å².